The van der Waals surface area contributed by atoms with Crippen LogP contribution in [0.1, 0.15) is 42.7 Å². The minimum Gasteiger partial charge on any atom is -0.304 e. The number of pyridine rings is 1. The average Bonchev–Trinajstić information content (AvgIpc) is 2.87. The molecule has 0 aliphatic carbocycles. The molecule has 4 nitrogen and oxygen atoms in total. The van der Waals surface area contributed by atoms with E-state index in [1.165, 1.54) is 12.0 Å². The van der Waals surface area contributed by atoms with Crippen LogP contribution in [0, 0.1) is 0 Å². The van der Waals surface area contributed by atoms with Gasteiger partial charge in [-0.3, -0.25) is 9.20 Å². The first-order valence-corrected chi connectivity index (χ1v) is 7.27. The molecule has 0 fully saturated rings. The number of fused-ring (bicyclic) bond motifs is 1. The summed E-state index contributed by atoms with van der Waals surface area (Å²) in [5.41, 5.74) is 2.68. The third-order valence-corrected chi connectivity index (χ3v) is 3.90. The lowest BCUT2D eigenvalue weighted by Crippen LogP contribution is -2.30. The smallest absolute Gasteiger partial charge is 0.168 e. The molecule has 0 N–H and O–H groups in total. The van der Waals surface area contributed by atoms with Gasteiger partial charge in [-0.15, -0.1) is 0 Å². The van der Waals surface area contributed by atoms with Gasteiger partial charge in [-0.25, -0.2) is 4.98 Å². The summed E-state index contributed by atoms with van der Waals surface area (Å²) >= 11 is 0. The second-order valence-corrected chi connectivity index (χ2v) is 5.43. The topological polar surface area (TPSA) is 37.6 Å². The predicted molar refractivity (Wildman–Crippen MR) is 81.3 cm³/mol. The first-order chi connectivity index (χ1) is 9.65. The maximum absolute atomic E-state index is 11.0. The Labute approximate surface area is 120 Å². The molecule has 0 saturated carbocycles. The van der Waals surface area contributed by atoms with Crippen LogP contribution < -0.4 is 0 Å². The maximum Gasteiger partial charge on any atom is 0.168 e. The Hall–Kier alpha value is -1.68. The highest BCUT2D eigenvalue weighted by atomic mass is 16.1. The fraction of sp³-hybridized carbons (Fsp3) is 0.500. The Morgan fingerprint density at radius 2 is 2.25 bits per heavy atom. The molecular weight excluding hydrogens is 250 g/mol. The normalized spacial score (nSPS) is 13.0. The molecule has 2 aromatic rings. The van der Waals surface area contributed by atoms with E-state index in [-0.39, 0.29) is 0 Å². The summed E-state index contributed by atoms with van der Waals surface area (Å²) in [6.07, 6.45) is 7.81. The molecule has 2 aromatic heterocycles. The summed E-state index contributed by atoms with van der Waals surface area (Å²) in [5, 5.41) is 0. The number of aryl methyl sites for hydroxylation is 1. The number of aldehydes is 1. The molecule has 4 heteroatoms. The first kappa shape index (κ1) is 14.7. The standard InChI is InChI=1S/C16H23N3O/c1-4-9-18(3)13(2)5-6-14-7-8-16-17-10-15(12-20)19(16)11-14/h7-8,10-13H,4-6,9H2,1-3H3. The lowest BCUT2D eigenvalue weighted by Gasteiger charge is -2.24. The van der Waals surface area contributed by atoms with Gasteiger partial charge in [0.05, 0.1) is 6.20 Å². The van der Waals surface area contributed by atoms with Crippen molar-refractivity contribution in [2.24, 2.45) is 0 Å². The Bertz CT molecular complexity index is 576. The van der Waals surface area contributed by atoms with Crippen LogP contribution >= 0.6 is 0 Å². The van der Waals surface area contributed by atoms with Crippen molar-refractivity contribution in [1.29, 1.82) is 0 Å². The minimum absolute atomic E-state index is 0.568. The first-order valence-electron chi connectivity index (χ1n) is 7.27. The number of carbonyl (C=O) groups excluding carboxylic acids is 1. The summed E-state index contributed by atoms with van der Waals surface area (Å²) in [4.78, 5) is 17.6. The molecule has 0 saturated heterocycles. The molecule has 0 aliphatic heterocycles. The second-order valence-electron chi connectivity index (χ2n) is 5.43. The van der Waals surface area contributed by atoms with Crippen molar-refractivity contribution in [2.45, 2.75) is 39.2 Å². The van der Waals surface area contributed by atoms with Gasteiger partial charge in [0.1, 0.15) is 11.3 Å². The van der Waals surface area contributed by atoms with E-state index in [1.54, 1.807) is 6.20 Å². The third-order valence-electron chi connectivity index (χ3n) is 3.90. The van der Waals surface area contributed by atoms with Crippen LogP contribution in [0.5, 0.6) is 0 Å². The molecule has 1 unspecified atom stereocenters. The number of imidazole rings is 1. The van der Waals surface area contributed by atoms with Crippen LogP contribution in [-0.2, 0) is 6.42 Å². The van der Waals surface area contributed by atoms with Crippen molar-refractivity contribution in [3.05, 3.63) is 35.8 Å². The lowest BCUT2D eigenvalue weighted by molar-refractivity contribution is 0.111. The van der Waals surface area contributed by atoms with E-state index in [1.807, 2.05) is 16.7 Å². The van der Waals surface area contributed by atoms with E-state index in [0.717, 1.165) is 31.3 Å². The average molecular weight is 273 g/mol. The molecule has 0 aliphatic rings. The quantitative estimate of drug-likeness (QED) is 0.728. The zero-order valence-corrected chi connectivity index (χ0v) is 12.5. The van der Waals surface area contributed by atoms with Crippen molar-refractivity contribution < 1.29 is 4.79 Å². The van der Waals surface area contributed by atoms with Crippen LogP contribution in [-0.4, -0.2) is 40.2 Å². The second kappa shape index (κ2) is 6.66. The van der Waals surface area contributed by atoms with Crippen molar-refractivity contribution >= 4 is 11.9 Å². The summed E-state index contributed by atoms with van der Waals surface area (Å²) in [7, 11) is 2.18. The minimum atomic E-state index is 0.568. The number of hydrogen-bond donors (Lipinski definition) is 0. The number of hydrogen-bond acceptors (Lipinski definition) is 3. The summed E-state index contributed by atoms with van der Waals surface area (Å²) in [6.45, 7) is 5.61. The van der Waals surface area contributed by atoms with Gasteiger partial charge in [-0.2, -0.15) is 0 Å². The number of nitrogens with zero attached hydrogens (tertiary/aromatic N) is 3. The van der Waals surface area contributed by atoms with Crippen LogP contribution in [0.25, 0.3) is 5.65 Å². The lowest BCUT2D eigenvalue weighted by atomic mass is 10.1. The molecule has 0 aromatic carbocycles. The fourth-order valence-corrected chi connectivity index (χ4v) is 2.45. The zero-order chi connectivity index (χ0) is 14.5. The van der Waals surface area contributed by atoms with E-state index >= 15 is 0 Å². The van der Waals surface area contributed by atoms with E-state index < -0.39 is 0 Å². The molecular formula is C16H23N3O. The van der Waals surface area contributed by atoms with E-state index in [2.05, 4.69) is 36.8 Å². The van der Waals surface area contributed by atoms with Gasteiger partial charge in [-0.05, 0) is 51.4 Å². The Kier molecular flexibility index (Phi) is 4.90. The van der Waals surface area contributed by atoms with Gasteiger partial charge >= 0.3 is 0 Å². The molecule has 20 heavy (non-hydrogen) atoms. The van der Waals surface area contributed by atoms with Crippen molar-refractivity contribution in [1.82, 2.24) is 14.3 Å². The van der Waals surface area contributed by atoms with Gasteiger partial charge in [0.2, 0.25) is 0 Å². The SMILES string of the molecule is CCCN(C)C(C)CCc1ccc2ncc(C=O)n2c1. The monoisotopic (exact) mass is 273 g/mol. The molecule has 0 radical (unpaired) electrons. The molecule has 2 heterocycles. The summed E-state index contributed by atoms with van der Waals surface area (Å²) in [5.74, 6) is 0. The van der Waals surface area contributed by atoms with Gasteiger partial charge in [-0.1, -0.05) is 13.0 Å². The number of rotatable bonds is 7. The Morgan fingerprint density at radius 3 is 2.95 bits per heavy atom. The van der Waals surface area contributed by atoms with Crippen molar-refractivity contribution in [3.8, 4) is 0 Å². The Balaban J connectivity index is 2.04. The van der Waals surface area contributed by atoms with Crippen LogP contribution in [0.15, 0.2) is 24.5 Å². The van der Waals surface area contributed by atoms with Crippen molar-refractivity contribution in [2.75, 3.05) is 13.6 Å². The van der Waals surface area contributed by atoms with Crippen LogP contribution in [0.3, 0.4) is 0 Å². The fourth-order valence-electron chi connectivity index (χ4n) is 2.45. The van der Waals surface area contributed by atoms with Crippen LogP contribution in [0.4, 0.5) is 0 Å². The van der Waals surface area contributed by atoms with E-state index in [4.69, 9.17) is 0 Å². The summed E-state index contributed by atoms with van der Waals surface area (Å²) < 4.78 is 1.86. The maximum atomic E-state index is 11.0. The van der Waals surface area contributed by atoms with Crippen molar-refractivity contribution in [3.63, 3.8) is 0 Å². The number of aromatic nitrogens is 2. The molecule has 1 atom stereocenters. The highest BCUT2D eigenvalue weighted by Crippen LogP contribution is 2.12. The molecule has 2 rings (SSSR count). The van der Waals surface area contributed by atoms with Gasteiger partial charge < -0.3 is 4.90 Å². The van der Waals surface area contributed by atoms with Gasteiger partial charge in [0.15, 0.2) is 6.29 Å². The molecule has 108 valence electrons. The molecule has 0 amide bonds. The molecule has 0 spiro atoms. The number of carbonyl (C=O) groups is 1. The zero-order valence-electron chi connectivity index (χ0n) is 12.5. The molecule has 0 bridgehead atoms. The highest BCUT2D eigenvalue weighted by molar-refractivity contribution is 5.73. The summed E-state index contributed by atoms with van der Waals surface area (Å²) in [6, 6.07) is 4.64. The van der Waals surface area contributed by atoms with E-state index in [0.29, 0.717) is 11.7 Å². The van der Waals surface area contributed by atoms with Gasteiger partial charge in [0, 0.05) is 12.2 Å². The third kappa shape index (κ3) is 3.25. The van der Waals surface area contributed by atoms with E-state index in [9.17, 15) is 4.79 Å². The van der Waals surface area contributed by atoms with Crippen LogP contribution in [0.2, 0.25) is 0 Å². The Morgan fingerprint density at radius 1 is 1.45 bits per heavy atom. The van der Waals surface area contributed by atoms with Gasteiger partial charge in [0.25, 0.3) is 0 Å². The largest absolute Gasteiger partial charge is 0.304 e. The predicted octanol–water partition coefficient (Wildman–Crippen LogP) is 2.81. The highest BCUT2D eigenvalue weighted by Gasteiger charge is 2.09.